The highest BCUT2D eigenvalue weighted by Crippen LogP contribution is 2.29. The Balaban J connectivity index is 1.67. The van der Waals surface area contributed by atoms with Gasteiger partial charge in [0.2, 0.25) is 5.91 Å². The van der Waals surface area contributed by atoms with Crippen molar-refractivity contribution >= 4 is 16.9 Å². The number of nitrogens with zero attached hydrogens (tertiary/aromatic N) is 3. The highest BCUT2D eigenvalue weighted by atomic mass is 19.3. The molecular formula is C21H23F2N3O4. The monoisotopic (exact) mass is 419 g/mol. The maximum atomic E-state index is 12.6. The number of methoxy groups -OCH3 is 1. The van der Waals surface area contributed by atoms with Gasteiger partial charge in [-0.3, -0.25) is 13.9 Å². The SMILES string of the molecule is COc1cc(CN(C)C(=O)CCn2c(=O)n(C)c3ccccc32)ccc1OC(F)F. The molecule has 0 aliphatic carbocycles. The third-order valence-electron chi connectivity index (χ3n) is 4.89. The van der Waals surface area contributed by atoms with Gasteiger partial charge in [-0.05, 0) is 29.8 Å². The molecule has 7 nitrogen and oxygen atoms in total. The van der Waals surface area contributed by atoms with Crippen LogP contribution in [0.5, 0.6) is 11.5 Å². The molecule has 0 N–H and O–H groups in total. The molecule has 160 valence electrons. The van der Waals surface area contributed by atoms with Crippen LogP contribution in [0.15, 0.2) is 47.3 Å². The molecule has 0 spiro atoms. The van der Waals surface area contributed by atoms with Gasteiger partial charge in [0.1, 0.15) is 0 Å². The summed E-state index contributed by atoms with van der Waals surface area (Å²) >= 11 is 0. The summed E-state index contributed by atoms with van der Waals surface area (Å²) in [7, 11) is 4.70. The first-order valence-corrected chi connectivity index (χ1v) is 9.31. The largest absolute Gasteiger partial charge is 0.493 e. The minimum absolute atomic E-state index is 0.0689. The summed E-state index contributed by atoms with van der Waals surface area (Å²) in [5, 5.41) is 0. The first kappa shape index (κ1) is 21.4. The second-order valence-corrected chi connectivity index (χ2v) is 6.85. The lowest BCUT2D eigenvalue weighted by Crippen LogP contribution is -2.29. The third kappa shape index (κ3) is 4.45. The molecule has 0 aliphatic rings. The van der Waals surface area contributed by atoms with Crippen molar-refractivity contribution < 1.29 is 23.0 Å². The zero-order valence-corrected chi connectivity index (χ0v) is 17.0. The Kier molecular flexibility index (Phi) is 6.39. The minimum atomic E-state index is -2.95. The Morgan fingerprint density at radius 3 is 2.50 bits per heavy atom. The number of fused-ring (bicyclic) bond motifs is 1. The predicted octanol–water partition coefficient (Wildman–Crippen LogP) is 3.00. The lowest BCUT2D eigenvalue weighted by atomic mass is 10.2. The van der Waals surface area contributed by atoms with Gasteiger partial charge >= 0.3 is 12.3 Å². The maximum absolute atomic E-state index is 12.6. The summed E-state index contributed by atoms with van der Waals surface area (Å²) in [6, 6.07) is 11.9. The molecule has 3 rings (SSSR count). The van der Waals surface area contributed by atoms with E-state index in [9.17, 15) is 18.4 Å². The predicted molar refractivity (Wildman–Crippen MR) is 108 cm³/mol. The number of imidazole rings is 1. The lowest BCUT2D eigenvalue weighted by Gasteiger charge is -2.18. The quantitative estimate of drug-likeness (QED) is 0.563. The molecule has 0 saturated heterocycles. The average molecular weight is 419 g/mol. The highest BCUT2D eigenvalue weighted by molar-refractivity contribution is 5.78. The van der Waals surface area contributed by atoms with E-state index in [0.717, 1.165) is 11.0 Å². The summed E-state index contributed by atoms with van der Waals surface area (Å²) < 4.78 is 37.5. The summed E-state index contributed by atoms with van der Waals surface area (Å²) in [5.41, 5.74) is 2.11. The number of alkyl halides is 2. The second-order valence-electron chi connectivity index (χ2n) is 6.85. The van der Waals surface area contributed by atoms with Crippen LogP contribution in [-0.4, -0.2) is 40.7 Å². The standard InChI is InChI=1S/C21H23F2N3O4/c1-24(13-14-8-9-17(30-20(22)23)18(12-14)29-3)19(27)10-11-26-16-7-5-4-6-15(16)25(2)21(26)28/h4-9,12,20H,10-11,13H2,1-3H3. The molecule has 0 unspecified atom stereocenters. The number of benzene rings is 2. The van der Waals surface area contributed by atoms with Gasteiger partial charge in [-0.1, -0.05) is 18.2 Å². The van der Waals surface area contributed by atoms with Crippen LogP contribution in [0.2, 0.25) is 0 Å². The minimum Gasteiger partial charge on any atom is -0.493 e. The van der Waals surface area contributed by atoms with Crippen molar-refractivity contribution in [3.05, 3.63) is 58.5 Å². The number of aryl methyl sites for hydroxylation is 2. The number of carbonyl (C=O) groups excluding carboxylic acids is 1. The zero-order valence-electron chi connectivity index (χ0n) is 17.0. The van der Waals surface area contributed by atoms with E-state index in [1.165, 1.54) is 18.1 Å². The molecule has 1 aromatic heterocycles. The van der Waals surface area contributed by atoms with Crippen molar-refractivity contribution in [1.82, 2.24) is 14.0 Å². The van der Waals surface area contributed by atoms with Crippen molar-refractivity contribution in [1.29, 1.82) is 0 Å². The molecule has 0 saturated carbocycles. The fourth-order valence-corrected chi connectivity index (χ4v) is 3.34. The number of hydrogen-bond acceptors (Lipinski definition) is 4. The summed E-state index contributed by atoms with van der Waals surface area (Å²) in [5.74, 6) is -0.0572. The normalized spacial score (nSPS) is 11.1. The number of rotatable bonds is 8. The van der Waals surface area contributed by atoms with Crippen LogP contribution >= 0.6 is 0 Å². The number of amides is 1. The maximum Gasteiger partial charge on any atom is 0.387 e. The topological polar surface area (TPSA) is 65.7 Å². The van der Waals surface area contributed by atoms with E-state index in [4.69, 9.17) is 4.74 Å². The molecule has 30 heavy (non-hydrogen) atoms. The van der Waals surface area contributed by atoms with Crippen molar-refractivity contribution in [2.24, 2.45) is 7.05 Å². The molecule has 0 fully saturated rings. The van der Waals surface area contributed by atoms with E-state index in [2.05, 4.69) is 4.74 Å². The Bertz CT molecular complexity index is 1110. The van der Waals surface area contributed by atoms with Gasteiger partial charge in [-0.25, -0.2) is 4.79 Å². The summed E-state index contributed by atoms with van der Waals surface area (Å²) in [6.07, 6.45) is 0.147. The van der Waals surface area contributed by atoms with Gasteiger partial charge in [0, 0.05) is 33.6 Å². The molecule has 0 atom stereocenters. The molecule has 0 radical (unpaired) electrons. The zero-order chi connectivity index (χ0) is 21.8. The smallest absolute Gasteiger partial charge is 0.387 e. The average Bonchev–Trinajstić information content (AvgIpc) is 2.97. The fourth-order valence-electron chi connectivity index (χ4n) is 3.34. The Morgan fingerprint density at radius 2 is 1.83 bits per heavy atom. The summed E-state index contributed by atoms with van der Waals surface area (Å²) in [4.78, 5) is 26.6. The molecule has 1 amide bonds. The van der Waals surface area contributed by atoms with Crippen LogP contribution in [0.4, 0.5) is 8.78 Å². The van der Waals surface area contributed by atoms with Crippen molar-refractivity contribution in [3.63, 3.8) is 0 Å². The number of ether oxygens (including phenoxy) is 2. The molecule has 1 heterocycles. The van der Waals surface area contributed by atoms with Crippen molar-refractivity contribution in [2.75, 3.05) is 14.2 Å². The van der Waals surface area contributed by atoms with E-state index in [1.807, 2.05) is 24.3 Å². The molecule has 0 bridgehead atoms. The molecule has 3 aromatic rings. The third-order valence-corrected chi connectivity index (χ3v) is 4.89. The van der Waals surface area contributed by atoms with Crippen LogP contribution in [0.3, 0.4) is 0 Å². The Morgan fingerprint density at radius 1 is 1.13 bits per heavy atom. The summed E-state index contributed by atoms with van der Waals surface area (Å²) in [6.45, 7) is -2.44. The van der Waals surface area contributed by atoms with E-state index in [0.29, 0.717) is 5.56 Å². The Hall–Kier alpha value is -3.36. The lowest BCUT2D eigenvalue weighted by molar-refractivity contribution is -0.130. The van der Waals surface area contributed by atoms with E-state index < -0.39 is 6.61 Å². The van der Waals surface area contributed by atoms with E-state index in [-0.39, 0.29) is 42.6 Å². The van der Waals surface area contributed by atoms with Gasteiger partial charge in [-0.2, -0.15) is 8.78 Å². The fraction of sp³-hybridized carbons (Fsp3) is 0.333. The van der Waals surface area contributed by atoms with Crippen molar-refractivity contribution in [2.45, 2.75) is 26.1 Å². The van der Waals surface area contributed by atoms with Crippen LogP contribution in [0.25, 0.3) is 11.0 Å². The number of halogens is 2. The molecular weight excluding hydrogens is 396 g/mol. The molecule has 9 heteroatoms. The van der Waals surface area contributed by atoms with Gasteiger partial charge in [-0.15, -0.1) is 0 Å². The van der Waals surface area contributed by atoms with E-state index in [1.54, 1.807) is 35.4 Å². The number of hydrogen-bond donors (Lipinski definition) is 0. The molecule has 0 aliphatic heterocycles. The van der Waals surface area contributed by atoms with Crippen LogP contribution in [0.1, 0.15) is 12.0 Å². The van der Waals surface area contributed by atoms with Crippen LogP contribution < -0.4 is 15.2 Å². The van der Waals surface area contributed by atoms with E-state index >= 15 is 0 Å². The second kappa shape index (κ2) is 8.98. The van der Waals surface area contributed by atoms with Crippen molar-refractivity contribution in [3.8, 4) is 11.5 Å². The van der Waals surface area contributed by atoms with Crippen LogP contribution in [-0.2, 0) is 24.9 Å². The van der Waals surface area contributed by atoms with Gasteiger partial charge in [0.25, 0.3) is 0 Å². The molecule has 2 aromatic carbocycles. The number of aromatic nitrogens is 2. The first-order chi connectivity index (χ1) is 14.3. The number of para-hydroxylation sites is 2. The first-order valence-electron chi connectivity index (χ1n) is 9.31. The van der Waals surface area contributed by atoms with Gasteiger partial charge in [0.05, 0.1) is 18.1 Å². The highest BCUT2D eigenvalue weighted by Gasteiger charge is 2.16. The van der Waals surface area contributed by atoms with Gasteiger partial charge in [0.15, 0.2) is 11.5 Å². The van der Waals surface area contributed by atoms with Crippen LogP contribution in [0, 0.1) is 0 Å². The number of carbonyl (C=O) groups is 1. The Labute approximate surface area is 172 Å². The van der Waals surface area contributed by atoms with Gasteiger partial charge < -0.3 is 14.4 Å².